The summed E-state index contributed by atoms with van der Waals surface area (Å²) in [6, 6.07) is 8.14. The third kappa shape index (κ3) is 4.58. The van der Waals surface area contributed by atoms with E-state index >= 15 is 0 Å². The number of rotatable bonds is 6. The summed E-state index contributed by atoms with van der Waals surface area (Å²) in [5, 5.41) is 35.5. The molecule has 2 aromatic rings. The van der Waals surface area contributed by atoms with Gasteiger partial charge in [0.25, 0.3) is 11.6 Å². The summed E-state index contributed by atoms with van der Waals surface area (Å²) in [5.74, 6) is -0.432. The van der Waals surface area contributed by atoms with Gasteiger partial charge in [0.05, 0.1) is 22.6 Å². The molecule has 1 amide bonds. The number of carbonyl (C=O) groups excluding carboxylic acids is 1. The molecule has 0 saturated carbocycles. The number of hydrogen-bond donors (Lipinski definition) is 2. The molecule has 1 fully saturated rings. The van der Waals surface area contributed by atoms with Gasteiger partial charge < -0.3 is 14.9 Å². The van der Waals surface area contributed by atoms with Gasteiger partial charge in [-0.15, -0.1) is 0 Å². The van der Waals surface area contributed by atoms with Crippen LogP contribution in [-0.2, 0) is 4.79 Å². The normalized spacial score (nSPS) is 15.4. The molecule has 2 aromatic carbocycles. The van der Waals surface area contributed by atoms with E-state index in [4.69, 9.17) is 17.0 Å². The van der Waals surface area contributed by atoms with Crippen LogP contribution in [0.5, 0.6) is 17.2 Å². The zero-order valence-corrected chi connectivity index (χ0v) is 17.1. The molecule has 0 unspecified atom stereocenters. The zero-order valence-electron chi connectivity index (χ0n) is 15.5. The Bertz CT molecular complexity index is 1100. The number of hydrogen-bond acceptors (Lipinski definition) is 9. The molecule has 1 aliphatic rings. The minimum atomic E-state index is -0.604. The van der Waals surface area contributed by atoms with Crippen LogP contribution in [0.15, 0.2) is 46.4 Å². The quantitative estimate of drug-likeness (QED) is 0.227. The summed E-state index contributed by atoms with van der Waals surface area (Å²) >= 11 is 6.22. The molecule has 1 aliphatic heterocycles. The highest BCUT2D eigenvalue weighted by Crippen LogP contribution is 2.35. The summed E-state index contributed by atoms with van der Waals surface area (Å²) in [6.07, 6.45) is 2.71. The summed E-state index contributed by atoms with van der Waals surface area (Å²) in [6.45, 7) is 2.16. The third-order valence-electron chi connectivity index (χ3n) is 3.89. The number of nitro benzene ring substituents is 1. The highest BCUT2D eigenvalue weighted by Gasteiger charge is 2.32. The van der Waals surface area contributed by atoms with Gasteiger partial charge in [-0.05, 0) is 49.0 Å². The molecule has 11 heteroatoms. The number of benzene rings is 2. The van der Waals surface area contributed by atoms with Crippen LogP contribution in [0, 0.1) is 10.1 Å². The fraction of sp³-hybridized carbons (Fsp3) is 0.105. The first kappa shape index (κ1) is 21.3. The maximum Gasteiger partial charge on any atom is 0.286 e. The van der Waals surface area contributed by atoms with Crippen molar-refractivity contribution in [3.8, 4) is 17.2 Å². The van der Waals surface area contributed by atoms with E-state index in [9.17, 15) is 25.1 Å². The Morgan fingerprint density at radius 3 is 2.70 bits per heavy atom. The van der Waals surface area contributed by atoms with Crippen molar-refractivity contribution < 1.29 is 24.7 Å². The Hall–Kier alpha value is -3.44. The fourth-order valence-electron chi connectivity index (χ4n) is 2.48. The molecule has 3 rings (SSSR count). The topological polar surface area (TPSA) is 126 Å². The predicted molar refractivity (Wildman–Crippen MR) is 117 cm³/mol. The second-order valence-electron chi connectivity index (χ2n) is 5.90. The van der Waals surface area contributed by atoms with Crippen LogP contribution in [-0.4, -0.2) is 43.2 Å². The molecule has 9 nitrogen and oxygen atoms in total. The van der Waals surface area contributed by atoms with Crippen molar-refractivity contribution in [3.05, 3.63) is 62.5 Å². The number of thioether (sulfide) groups is 1. The van der Waals surface area contributed by atoms with Crippen molar-refractivity contribution in [2.24, 2.45) is 5.10 Å². The van der Waals surface area contributed by atoms with Crippen molar-refractivity contribution in [2.75, 3.05) is 6.61 Å². The lowest BCUT2D eigenvalue weighted by Gasteiger charge is -2.07. The molecule has 1 heterocycles. The van der Waals surface area contributed by atoms with Gasteiger partial charge in [0, 0.05) is 17.7 Å². The van der Waals surface area contributed by atoms with Gasteiger partial charge in [0.1, 0.15) is 5.75 Å². The molecule has 154 valence electrons. The summed E-state index contributed by atoms with van der Waals surface area (Å²) in [7, 11) is 0. The number of phenolic OH excluding ortho intramolecular Hbond substituents is 2. The number of carbonyl (C=O) groups is 1. The lowest BCUT2D eigenvalue weighted by Crippen LogP contribution is -2.22. The van der Waals surface area contributed by atoms with Gasteiger partial charge in [-0.1, -0.05) is 17.8 Å². The van der Waals surface area contributed by atoms with Crippen LogP contribution in [0.3, 0.4) is 0 Å². The molecule has 0 bridgehead atoms. The minimum absolute atomic E-state index is 0.0112. The fourth-order valence-corrected chi connectivity index (χ4v) is 3.65. The van der Waals surface area contributed by atoms with E-state index in [0.717, 1.165) is 35.1 Å². The lowest BCUT2D eigenvalue weighted by molar-refractivity contribution is -0.384. The first-order valence-electron chi connectivity index (χ1n) is 8.55. The number of aromatic hydroxyl groups is 2. The van der Waals surface area contributed by atoms with E-state index in [-0.39, 0.29) is 27.1 Å². The molecular formula is C19H15N3O6S2. The highest BCUT2D eigenvalue weighted by molar-refractivity contribution is 8.26. The van der Waals surface area contributed by atoms with E-state index in [1.54, 1.807) is 25.1 Å². The zero-order chi connectivity index (χ0) is 21.8. The third-order valence-corrected chi connectivity index (χ3v) is 5.17. The number of ether oxygens (including phenoxy) is 1. The Kier molecular flexibility index (Phi) is 6.33. The molecular weight excluding hydrogens is 430 g/mol. The maximum atomic E-state index is 12.7. The number of phenols is 2. The van der Waals surface area contributed by atoms with Crippen LogP contribution in [0.1, 0.15) is 18.1 Å². The van der Waals surface area contributed by atoms with Crippen LogP contribution in [0.2, 0.25) is 0 Å². The first-order chi connectivity index (χ1) is 14.3. The molecule has 1 saturated heterocycles. The molecule has 0 aromatic heterocycles. The molecule has 0 radical (unpaired) electrons. The Labute approximate surface area is 180 Å². The van der Waals surface area contributed by atoms with Crippen molar-refractivity contribution >= 4 is 52.2 Å². The maximum absolute atomic E-state index is 12.7. The SMILES string of the molecule is CCOc1cc(C=C2SC(=S)N(/N=C/c3cc([N+](=O)[O-])ccc3O)C2=O)ccc1O. The van der Waals surface area contributed by atoms with E-state index in [0.29, 0.717) is 22.8 Å². The van der Waals surface area contributed by atoms with E-state index in [2.05, 4.69) is 5.10 Å². The van der Waals surface area contributed by atoms with Gasteiger partial charge in [-0.25, -0.2) is 0 Å². The summed E-state index contributed by atoms with van der Waals surface area (Å²) < 4.78 is 5.50. The van der Waals surface area contributed by atoms with Crippen molar-refractivity contribution in [3.63, 3.8) is 0 Å². The number of nitrogens with zero attached hydrogens (tertiary/aromatic N) is 3. The number of nitro groups is 1. The van der Waals surface area contributed by atoms with Crippen LogP contribution in [0.4, 0.5) is 5.69 Å². The number of thiocarbonyl (C=S) groups is 1. The Morgan fingerprint density at radius 1 is 1.27 bits per heavy atom. The average Bonchev–Trinajstić information content (AvgIpc) is 2.96. The molecule has 2 N–H and O–H groups in total. The second-order valence-corrected chi connectivity index (χ2v) is 7.57. The molecule has 0 atom stereocenters. The van der Waals surface area contributed by atoms with Crippen molar-refractivity contribution in [1.29, 1.82) is 0 Å². The van der Waals surface area contributed by atoms with Gasteiger partial charge >= 0.3 is 0 Å². The second kappa shape index (κ2) is 8.93. The molecule has 30 heavy (non-hydrogen) atoms. The monoisotopic (exact) mass is 445 g/mol. The summed E-state index contributed by atoms with van der Waals surface area (Å²) in [4.78, 5) is 23.2. The Morgan fingerprint density at radius 2 is 2.00 bits per heavy atom. The van der Waals surface area contributed by atoms with Crippen LogP contribution >= 0.6 is 24.0 Å². The van der Waals surface area contributed by atoms with Crippen LogP contribution < -0.4 is 4.74 Å². The van der Waals surface area contributed by atoms with Gasteiger partial charge in [-0.2, -0.15) is 10.1 Å². The van der Waals surface area contributed by atoms with Gasteiger partial charge in [0.2, 0.25) is 0 Å². The summed E-state index contributed by atoms with van der Waals surface area (Å²) in [5.41, 5.74) is 0.469. The lowest BCUT2D eigenvalue weighted by atomic mass is 10.2. The van der Waals surface area contributed by atoms with Gasteiger partial charge in [0.15, 0.2) is 15.8 Å². The van der Waals surface area contributed by atoms with Gasteiger partial charge in [-0.3, -0.25) is 14.9 Å². The van der Waals surface area contributed by atoms with E-state index in [1.165, 1.54) is 12.1 Å². The van der Waals surface area contributed by atoms with E-state index in [1.807, 2.05) is 0 Å². The highest BCUT2D eigenvalue weighted by atomic mass is 32.2. The number of hydrazone groups is 1. The van der Waals surface area contributed by atoms with Crippen LogP contribution in [0.25, 0.3) is 6.08 Å². The number of amides is 1. The largest absolute Gasteiger partial charge is 0.507 e. The smallest absolute Gasteiger partial charge is 0.286 e. The minimum Gasteiger partial charge on any atom is -0.507 e. The number of non-ortho nitro benzene ring substituents is 1. The molecule has 0 spiro atoms. The van der Waals surface area contributed by atoms with Crippen molar-refractivity contribution in [2.45, 2.75) is 6.92 Å². The first-order valence-corrected chi connectivity index (χ1v) is 9.77. The van der Waals surface area contributed by atoms with Crippen molar-refractivity contribution in [1.82, 2.24) is 5.01 Å². The standard InChI is InChI=1S/C19H15N3O6S2/c1-2-28-16-7-11(3-5-15(16)24)8-17-18(25)21(19(29)30-17)20-10-12-9-13(22(26)27)4-6-14(12)23/h3-10,23-24H,2H2,1H3/b17-8?,20-10+. The Balaban J connectivity index is 1.84. The average molecular weight is 445 g/mol. The van der Waals surface area contributed by atoms with E-state index < -0.39 is 10.8 Å². The predicted octanol–water partition coefficient (Wildman–Crippen LogP) is 3.64. The molecule has 0 aliphatic carbocycles.